The molecule has 0 atom stereocenters. The summed E-state index contributed by atoms with van der Waals surface area (Å²) in [6, 6.07) is 9.07. The van der Waals surface area contributed by atoms with Crippen LogP contribution in [-0.2, 0) is 14.8 Å². The predicted molar refractivity (Wildman–Crippen MR) is 118 cm³/mol. The monoisotopic (exact) mass is 474 g/mol. The van der Waals surface area contributed by atoms with Gasteiger partial charge in [0.1, 0.15) is 0 Å². The Morgan fingerprint density at radius 3 is 2.41 bits per heavy atom. The van der Waals surface area contributed by atoms with Crippen molar-refractivity contribution < 1.29 is 28.2 Å². The highest BCUT2D eigenvalue weighted by molar-refractivity contribution is 7.89. The first-order valence-corrected chi connectivity index (χ1v) is 11.3. The van der Waals surface area contributed by atoms with E-state index in [9.17, 15) is 23.1 Å². The number of carboxylic acid groups (broad SMARTS) is 1. The molecule has 0 fully saturated rings. The van der Waals surface area contributed by atoms with Crippen LogP contribution in [0.5, 0.6) is 0 Å². The summed E-state index contributed by atoms with van der Waals surface area (Å²) in [6.45, 7) is 1.83. The van der Waals surface area contributed by atoms with Crippen LogP contribution in [0.2, 0.25) is 0 Å². The fourth-order valence-corrected chi connectivity index (χ4v) is 4.80. The van der Waals surface area contributed by atoms with Gasteiger partial charge in [0.2, 0.25) is 0 Å². The van der Waals surface area contributed by atoms with Crippen molar-refractivity contribution in [2.24, 2.45) is 0 Å². The molecule has 12 heteroatoms. The molecule has 1 aliphatic heterocycles. The number of aliphatic hydroxyl groups is 1. The molecule has 1 aliphatic rings. The number of rotatable bonds is 3. The summed E-state index contributed by atoms with van der Waals surface area (Å²) in [4.78, 5) is 31.1. The van der Waals surface area contributed by atoms with Gasteiger partial charge in [-0.05, 0) is 31.2 Å². The highest BCUT2D eigenvalue weighted by Gasteiger charge is 2.37. The van der Waals surface area contributed by atoms with Crippen molar-refractivity contribution >= 4 is 44.1 Å². The van der Waals surface area contributed by atoms with E-state index < -0.39 is 21.9 Å². The fraction of sp³-hybridized carbons (Fsp3) is 0.100. The summed E-state index contributed by atoms with van der Waals surface area (Å²) in [5.74, 6) is -2.07. The maximum atomic E-state index is 12.5. The first kappa shape index (κ1) is 22.9. The van der Waals surface area contributed by atoms with E-state index in [1.54, 1.807) is 24.4 Å². The molecule has 0 spiro atoms. The lowest BCUT2D eigenvalue weighted by atomic mass is 10.1. The van der Waals surface area contributed by atoms with E-state index in [0.29, 0.717) is 5.13 Å². The van der Waals surface area contributed by atoms with Crippen molar-refractivity contribution in [3.8, 4) is 0 Å². The van der Waals surface area contributed by atoms with Crippen LogP contribution < -0.4 is 5.32 Å². The van der Waals surface area contributed by atoms with Gasteiger partial charge >= 0.3 is 5.97 Å². The average Bonchev–Trinajstić information content (AvgIpc) is 3.18. The minimum atomic E-state index is -3.90. The lowest BCUT2D eigenvalue weighted by Crippen LogP contribution is -2.37. The molecular weight excluding hydrogens is 456 g/mol. The molecule has 3 heterocycles. The molecule has 32 heavy (non-hydrogen) atoms. The quantitative estimate of drug-likeness (QED) is 0.524. The van der Waals surface area contributed by atoms with E-state index in [4.69, 9.17) is 5.11 Å². The number of amides is 1. The third-order valence-corrected chi connectivity index (χ3v) is 6.93. The molecule has 0 unspecified atom stereocenters. The van der Waals surface area contributed by atoms with E-state index in [2.05, 4.69) is 15.3 Å². The zero-order chi connectivity index (χ0) is 23.5. The van der Waals surface area contributed by atoms with Gasteiger partial charge in [-0.25, -0.2) is 18.2 Å². The van der Waals surface area contributed by atoms with Crippen molar-refractivity contribution in [3.63, 3.8) is 0 Å². The van der Waals surface area contributed by atoms with Crippen LogP contribution in [0.4, 0.5) is 5.13 Å². The van der Waals surface area contributed by atoms with Crippen LogP contribution in [-0.4, -0.2) is 51.8 Å². The Hall–Kier alpha value is -3.77. The summed E-state index contributed by atoms with van der Waals surface area (Å²) in [5.41, 5.74) is -0.0138. The van der Waals surface area contributed by atoms with Crippen molar-refractivity contribution in [2.45, 2.75) is 11.8 Å². The molecule has 2 aromatic heterocycles. The highest BCUT2D eigenvalue weighted by Crippen LogP contribution is 2.34. The number of aromatic carboxylic acids is 1. The summed E-state index contributed by atoms with van der Waals surface area (Å²) in [5, 5.41) is 21.6. The number of fused-ring (bicyclic) bond motifs is 1. The average molecular weight is 475 g/mol. The Kier molecular flexibility index (Phi) is 6.55. The van der Waals surface area contributed by atoms with Gasteiger partial charge < -0.3 is 10.2 Å². The van der Waals surface area contributed by atoms with Gasteiger partial charge in [-0.3, -0.25) is 19.4 Å². The molecule has 1 aromatic carbocycles. The fourth-order valence-electron chi connectivity index (χ4n) is 2.74. The molecule has 0 radical (unpaired) electrons. The van der Waals surface area contributed by atoms with Crippen LogP contribution >= 0.6 is 11.3 Å². The molecule has 0 bridgehead atoms. The van der Waals surface area contributed by atoms with Gasteiger partial charge in [0.25, 0.3) is 15.9 Å². The number of pyridine rings is 1. The third-order valence-electron chi connectivity index (χ3n) is 4.29. The number of aryl methyl sites for hydroxylation is 1. The highest BCUT2D eigenvalue weighted by atomic mass is 32.2. The summed E-state index contributed by atoms with van der Waals surface area (Å²) < 4.78 is 25.8. The normalized spacial score (nSPS) is 14.1. The second kappa shape index (κ2) is 9.16. The van der Waals surface area contributed by atoms with Crippen LogP contribution in [0.3, 0.4) is 0 Å². The molecule has 3 aromatic rings. The number of likely N-dealkylation sites (N-methyl/N-ethyl adjacent to an activating group) is 1. The number of benzene rings is 1. The van der Waals surface area contributed by atoms with Crippen molar-refractivity contribution in [1.29, 1.82) is 0 Å². The number of nitrogens with zero attached hydrogens (tertiary/aromatic N) is 3. The second-order valence-electron chi connectivity index (χ2n) is 6.44. The maximum absolute atomic E-state index is 12.5. The van der Waals surface area contributed by atoms with E-state index in [1.807, 2.05) is 6.92 Å². The van der Waals surface area contributed by atoms with E-state index in [-0.39, 0.29) is 27.5 Å². The molecule has 166 valence electrons. The number of anilines is 1. The summed E-state index contributed by atoms with van der Waals surface area (Å²) in [6.07, 6.45) is 4.43. The molecule has 0 aliphatic carbocycles. The number of sulfonamides is 1. The standard InChI is InChI=1S/C14H13N3O4S2.C6H5NO2/c1-8-7-15-14(22-8)16-13(19)11-12(18)9-5-3-4-6-10(9)23(20,21)17(11)2;8-6(9)5-2-1-3-7-4-5/h3-7,18H,1-2H3,(H,15,16,19);1-4H,(H,8,9). The number of aliphatic hydroxyl groups excluding tert-OH is 1. The lowest BCUT2D eigenvalue weighted by Gasteiger charge is -2.28. The molecular formula is C20H18N4O6S2. The maximum Gasteiger partial charge on any atom is 0.337 e. The lowest BCUT2D eigenvalue weighted by molar-refractivity contribution is -0.113. The number of hydrogen-bond acceptors (Lipinski definition) is 8. The Morgan fingerprint density at radius 1 is 1.12 bits per heavy atom. The first-order valence-electron chi connectivity index (χ1n) is 9.01. The van der Waals surface area contributed by atoms with E-state index >= 15 is 0 Å². The van der Waals surface area contributed by atoms with Crippen molar-refractivity contribution in [2.75, 3.05) is 12.4 Å². The molecule has 0 saturated carbocycles. The van der Waals surface area contributed by atoms with Gasteiger partial charge in [-0.1, -0.05) is 12.1 Å². The number of thiazole rings is 1. The van der Waals surface area contributed by atoms with Gasteiger partial charge in [0, 0.05) is 36.1 Å². The molecule has 0 saturated heterocycles. The Bertz CT molecular complexity index is 1300. The minimum Gasteiger partial charge on any atom is -0.505 e. The van der Waals surface area contributed by atoms with Crippen LogP contribution in [0.15, 0.2) is 65.6 Å². The van der Waals surface area contributed by atoms with Crippen LogP contribution in [0.25, 0.3) is 5.76 Å². The Morgan fingerprint density at radius 2 is 1.84 bits per heavy atom. The summed E-state index contributed by atoms with van der Waals surface area (Å²) >= 11 is 1.25. The topological polar surface area (TPSA) is 150 Å². The number of nitrogens with one attached hydrogen (secondary N) is 1. The summed E-state index contributed by atoms with van der Waals surface area (Å²) in [7, 11) is -2.67. The Labute approximate surface area is 187 Å². The van der Waals surface area contributed by atoms with Crippen molar-refractivity contribution in [1.82, 2.24) is 14.3 Å². The number of aromatic nitrogens is 2. The van der Waals surface area contributed by atoms with Gasteiger partial charge in [0.15, 0.2) is 16.6 Å². The number of carbonyl (C=O) groups excluding carboxylic acids is 1. The zero-order valence-electron chi connectivity index (χ0n) is 16.9. The van der Waals surface area contributed by atoms with Crippen LogP contribution in [0, 0.1) is 6.92 Å². The van der Waals surface area contributed by atoms with E-state index in [0.717, 1.165) is 9.18 Å². The van der Waals surface area contributed by atoms with Gasteiger partial charge in [-0.2, -0.15) is 0 Å². The van der Waals surface area contributed by atoms with Gasteiger partial charge in [0.05, 0.1) is 10.5 Å². The number of hydrogen-bond donors (Lipinski definition) is 3. The van der Waals surface area contributed by atoms with Crippen LogP contribution in [0.1, 0.15) is 20.8 Å². The second-order valence-corrected chi connectivity index (χ2v) is 9.62. The zero-order valence-corrected chi connectivity index (χ0v) is 18.5. The predicted octanol–water partition coefficient (Wildman–Crippen LogP) is 2.73. The number of carbonyl (C=O) groups is 2. The Balaban J connectivity index is 0.000000269. The molecule has 3 N–H and O–H groups in total. The molecule has 4 rings (SSSR count). The minimum absolute atomic E-state index is 0.0401. The molecule has 1 amide bonds. The smallest absolute Gasteiger partial charge is 0.337 e. The largest absolute Gasteiger partial charge is 0.505 e. The van der Waals surface area contributed by atoms with Gasteiger partial charge in [-0.15, -0.1) is 11.3 Å². The first-order chi connectivity index (χ1) is 15.1. The van der Waals surface area contributed by atoms with E-state index in [1.165, 1.54) is 49.0 Å². The molecule has 10 nitrogen and oxygen atoms in total. The SMILES string of the molecule is Cc1cnc(NC(=O)C2=C(O)c3ccccc3S(=O)(=O)N2C)s1.O=C(O)c1cccnc1. The van der Waals surface area contributed by atoms with Crippen molar-refractivity contribution in [3.05, 3.63) is 76.7 Å². The number of carboxylic acids is 1. The third kappa shape index (κ3) is 4.60.